The zero-order valence-electron chi connectivity index (χ0n) is 11.0. The summed E-state index contributed by atoms with van der Waals surface area (Å²) >= 11 is 0. The third-order valence-electron chi connectivity index (χ3n) is 2.98. The van der Waals surface area contributed by atoms with Gasteiger partial charge < -0.3 is 9.88 Å². The van der Waals surface area contributed by atoms with E-state index in [2.05, 4.69) is 10.3 Å². The van der Waals surface area contributed by atoms with Crippen LogP contribution >= 0.6 is 0 Å². The summed E-state index contributed by atoms with van der Waals surface area (Å²) in [7, 11) is 0. The van der Waals surface area contributed by atoms with Crippen LogP contribution < -0.4 is 5.32 Å². The number of halogens is 3. The molecule has 0 saturated carbocycles. The molecule has 0 aliphatic carbocycles. The summed E-state index contributed by atoms with van der Waals surface area (Å²) in [6, 6.07) is 1.47. The van der Waals surface area contributed by atoms with Crippen LogP contribution in [0.4, 0.5) is 13.2 Å². The van der Waals surface area contributed by atoms with Crippen molar-refractivity contribution in [3.63, 3.8) is 0 Å². The number of nitrogens with zero attached hydrogens (tertiary/aromatic N) is 2. The van der Waals surface area contributed by atoms with Gasteiger partial charge in [-0.15, -0.1) is 0 Å². The summed E-state index contributed by atoms with van der Waals surface area (Å²) in [5.41, 5.74) is 0.138. The Labute approximate surface area is 115 Å². The minimum Gasteiger partial charge on any atom is -0.337 e. The Kier molecular flexibility index (Phi) is 5.17. The molecular formula is C14H16F3N3. The molecule has 0 spiro atoms. The summed E-state index contributed by atoms with van der Waals surface area (Å²) in [6.45, 7) is 1.75. The monoisotopic (exact) mass is 283 g/mol. The second kappa shape index (κ2) is 7.09. The van der Waals surface area contributed by atoms with Gasteiger partial charge in [0.15, 0.2) is 11.6 Å². The smallest absolute Gasteiger partial charge is 0.161 e. The standard InChI is InChI=1S/C14H16F3N3/c15-12-8-14(17)13(16)7-11(12)9-18-3-1-2-5-20-6-4-19-10-20/h4,6-8,10,18H,1-3,5,9H2. The average molecular weight is 283 g/mol. The maximum Gasteiger partial charge on any atom is 0.161 e. The molecule has 20 heavy (non-hydrogen) atoms. The van der Waals surface area contributed by atoms with Gasteiger partial charge in [0.25, 0.3) is 0 Å². The van der Waals surface area contributed by atoms with Crippen LogP contribution in [-0.2, 0) is 13.1 Å². The maximum atomic E-state index is 13.3. The second-order valence-corrected chi connectivity index (χ2v) is 4.54. The topological polar surface area (TPSA) is 29.9 Å². The lowest BCUT2D eigenvalue weighted by Gasteiger charge is -2.07. The third kappa shape index (κ3) is 4.09. The molecule has 0 amide bonds. The van der Waals surface area contributed by atoms with Crippen molar-refractivity contribution in [2.45, 2.75) is 25.9 Å². The predicted octanol–water partition coefficient (Wildman–Crippen LogP) is 2.87. The van der Waals surface area contributed by atoms with Crippen molar-refractivity contribution >= 4 is 0 Å². The van der Waals surface area contributed by atoms with E-state index in [9.17, 15) is 13.2 Å². The summed E-state index contributed by atoms with van der Waals surface area (Å²) in [5.74, 6) is -2.91. The van der Waals surface area contributed by atoms with Crippen LogP contribution in [-0.4, -0.2) is 16.1 Å². The molecule has 1 heterocycles. The Morgan fingerprint density at radius 3 is 2.60 bits per heavy atom. The number of aryl methyl sites for hydroxylation is 1. The Hall–Kier alpha value is -1.82. The molecular weight excluding hydrogens is 267 g/mol. The van der Waals surface area contributed by atoms with Crippen LogP contribution in [0, 0.1) is 17.5 Å². The highest BCUT2D eigenvalue weighted by Crippen LogP contribution is 2.13. The summed E-state index contributed by atoms with van der Waals surface area (Å²) in [5, 5.41) is 3.02. The zero-order valence-corrected chi connectivity index (χ0v) is 11.0. The third-order valence-corrected chi connectivity index (χ3v) is 2.98. The normalized spacial score (nSPS) is 10.9. The second-order valence-electron chi connectivity index (χ2n) is 4.54. The van der Waals surface area contributed by atoms with Crippen molar-refractivity contribution in [2.24, 2.45) is 0 Å². The Morgan fingerprint density at radius 1 is 1.05 bits per heavy atom. The summed E-state index contributed by atoms with van der Waals surface area (Å²) in [6.07, 6.45) is 7.24. The van der Waals surface area contributed by atoms with E-state index in [0.29, 0.717) is 12.6 Å². The van der Waals surface area contributed by atoms with Gasteiger partial charge in [-0.1, -0.05) is 0 Å². The van der Waals surface area contributed by atoms with Gasteiger partial charge in [0.05, 0.1) is 6.33 Å². The number of unbranched alkanes of at least 4 members (excludes halogenated alkanes) is 1. The quantitative estimate of drug-likeness (QED) is 0.625. The first-order valence-electron chi connectivity index (χ1n) is 6.46. The lowest BCUT2D eigenvalue weighted by Crippen LogP contribution is -2.16. The molecule has 108 valence electrons. The minimum absolute atomic E-state index is 0.138. The van der Waals surface area contributed by atoms with Crippen LogP contribution in [0.2, 0.25) is 0 Å². The highest BCUT2D eigenvalue weighted by molar-refractivity contribution is 5.19. The molecule has 2 aromatic rings. The average Bonchev–Trinajstić information content (AvgIpc) is 2.92. The van der Waals surface area contributed by atoms with Crippen molar-refractivity contribution in [1.82, 2.24) is 14.9 Å². The number of rotatable bonds is 7. The van der Waals surface area contributed by atoms with Crippen molar-refractivity contribution in [2.75, 3.05) is 6.54 Å². The maximum absolute atomic E-state index is 13.3. The minimum atomic E-state index is -1.16. The number of nitrogens with one attached hydrogen (secondary N) is 1. The van der Waals surface area contributed by atoms with E-state index in [-0.39, 0.29) is 12.1 Å². The van der Waals surface area contributed by atoms with Crippen molar-refractivity contribution in [3.05, 3.63) is 53.9 Å². The lowest BCUT2D eigenvalue weighted by atomic mass is 10.2. The van der Waals surface area contributed by atoms with Gasteiger partial charge in [0.1, 0.15) is 5.82 Å². The van der Waals surface area contributed by atoms with Crippen LogP contribution in [0.5, 0.6) is 0 Å². The van der Waals surface area contributed by atoms with Crippen molar-refractivity contribution in [3.8, 4) is 0 Å². The number of imidazole rings is 1. The predicted molar refractivity (Wildman–Crippen MR) is 69.5 cm³/mol. The van der Waals surface area contributed by atoms with Gasteiger partial charge in [-0.2, -0.15) is 0 Å². The number of hydrogen-bond donors (Lipinski definition) is 1. The van der Waals surface area contributed by atoms with E-state index in [1.807, 2.05) is 10.8 Å². The highest BCUT2D eigenvalue weighted by Gasteiger charge is 2.08. The van der Waals surface area contributed by atoms with Gasteiger partial charge in [-0.3, -0.25) is 0 Å². The first-order chi connectivity index (χ1) is 9.66. The molecule has 0 aliphatic heterocycles. The molecule has 1 N–H and O–H groups in total. The van der Waals surface area contributed by atoms with E-state index in [4.69, 9.17) is 0 Å². The van der Waals surface area contributed by atoms with Crippen LogP contribution in [0.25, 0.3) is 0 Å². The molecule has 3 nitrogen and oxygen atoms in total. The van der Waals surface area contributed by atoms with E-state index in [1.165, 1.54) is 0 Å². The molecule has 1 aromatic heterocycles. The van der Waals surface area contributed by atoms with Crippen LogP contribution in [0.1, 0.15) is 18.4 Å². The SMILES string of the molecule is Fc1cc(F)c(CNCCCCn2ccnc2)cc1F. The molecule has 2 rings (SSSR count). The fraction of sp³-hybridized carbons (Fsp3) is 0.357. The zero-order chi connectivity index (χ0) is 14.4. The summed E-state index contributed by atoms with van der Waals surface area (Å²) < 4.78 is 41.0. The van der Waals surface area contributed by atoms with Gasteiger partial charge in [0, 0.05) is 37.1 Å². The van der Waals surface area contributed by atoms with E-state index in [0.717, 1.165) is 25.5 Å². The molecule has 0 aliphatic rings. The van der Waals surface area contributed by atoms with Crippen LogP contribution in [0.15, 0.2) is 30.9 Å². The van der Waals surface area contributed by atoms with E-state index in [1.54, 1.807) is 12.5 Å². The molecule has 0 radical (unpaired) electrons. The van der Waals surface area contributed by atoms with Crippen molar-refractivity contribution < 1.29 is 13.2 Å². The Morgan fingerprint density at radius 2 is 1.85 bits per heavy atom. The number of hydrogen-bond acceptors (Lipinski definition) is 2. The first-order valence-corrected chi connectivity index (χ1v) is 6.46. The van der Waals surface area contributed by atoms with Gasteiger partial charge in [-0.25, -0.2) is 18.2 Å². The molecule has 0 fully saturated rings. The molecule has 0 unspecified atom stereocenters. The number of aromatic nitrogens is 2. The Bertz CT molecular complexity index is 541. The van der Waals surface area contributed by atoms with Gasteiger partial charge >= 0.3 is 0 Å². The molecule has 0 atom stereocenters. The fourth-order valence-electron chi connectivity index (χ4n) is 1.89. The molecule has 6 heteroatoms. The molecule has 0 bridgehead atoms. The highest BCUT2D eigenvalue weighted by atomic mass is 19.2. The number of benzene rings is 1. The van der Waals surface area contributed by atoms with Crippen LogP contribution in [0.3, 0.4) is 0 Å². The summed E-state index contributed by atoms with van der Waals surface area (Å²) in [4.78, 5) is 3.94. The van der Waals surface area contributed by atoms with E-state index >= 15 is 0 Å². The largest absolute Gasteiger partial charge is 0.337 e. The van der Waals surface area contributed by atoms with Gasteiger partial charge in [0.2, 0.25) is 0 Å². The van der Waals surface area contributed by atoms with Crippen molar-refractivity contribution in [1.29, 1.82) is 0 Å². The first kappa shape index (κ1) is 14.6. The fourth-order valence-corrected chi connectivity index (χ4v) is 1.89. The molecule has 0 saturated heterocycles. The van der Waals surface area contributed by atoms with Gasteiger partial charge in [-0.05, 0) is 25.5 Å². The lowest BCUT2D eigenvalue weighted by molar-refractivity contribution is 0.485. The van der Waals surface area contributed by atoms with E-state index < -0.39 is 17.5 Å². The Balaban J connectivity index is 1.67. The molecule has 1 aromatic carbocycles.